The second-order valence-corrected chi connectivity index (χ2v) is 7.67. The molecule has 0 aliphatic carbocycles. The smallest absolute Gasteiger partial charge is 0.242 e. The molecule has 0 radical (unpaired) electrons. The van der Waals surface area contributed by atoms with Crippen molar-refractivity contribution in [2.75, 3.05) is 19.4 Å². The fourth-order valence-corrected chi connectivity index (χ4v) is 2.14. The summed E-state index contributed by atoms with van der Waals surface area (Å²) in [6, 6.07) is 6.13. The molecule has 0 aliphatic heterocycles. The molecule has 0 spiro atoms. The highest BCUT2D eigenvalue weighted by Gasteiger charge is 2.21. The number of sulfonamides is 1. The summed E-state index contributed by atoms with van der Waals surface area (Å²) in [4.78, 5) is 12.0. The number of hydrogen-bond donors (Lipinski definition) is 1. The second kappa shape index (κ2) is 5.30. The van der Waals surface area contributed by atoms with Crippen LogP contribution in [0.1, 0.15) is 20.8 Å². The minimum absolute atomic E-state index is 0.115. The van der Waals surface area contributed by atoms with Gasteiger partial charge in [-0.1, -0.05) is 20.8 Å². The first kappa shape index (κ1) is 15.7. The Hall–Kier alpha value is -1.40. The van der Waals surface area contributed by atoms with Crippen molar-refractivity contribution in [3.05, 3.63) is 24.3 Å². The van der Waals surface area contributed by atoms with Crippen molar-refractivity contribution in [2.45, 2.75) is 25.7 Å². The zero-order valence-electron chi connectivity index (χ0n) is 11.9. The average molecular weight is 284 g/mol. The Balaban J connectivity index is 2.93. The molecule has 106 valence electrons. The Morgan fingerprint density at radius 1 is 1.11 bits per heavy atom. The summed E-state index contributed by atoms with van der Waals surface area (Å²) in [6.45, 7) is 5.44. The molecule has 1 N–H and O–H groups in total. The molecule has 1 aromatic carbocycles. The molecule has 0 aliphatic rings. The molecule has 0 heterocycles. The van der Waals surface area contributed by atoms with E-state index in [4.69, 9.17) is 0 Å². The normalized spacial score (nSPS) is 12.5. The molecular formula is C13H20N2O3S. The number of nitrogens with one attached hydrogen (secondary N) is 1. The minimum Gasteiger partial charge on any atom is -0.326 e. The molecule has 0 saturated carbocycles. The van der Waals surface area contributed by atoms with Crippen LogP contribution in [0.15, 0.2) is 29.2 Å². The van der Waals surface area contributed by atoms with Crippen LogP contribution in [0.25, 0.3) is 0 Å². The second-order valence-electron chi connectivity index (χ2n) is 5.52. The van der Waals surface area contributed by atoms with Gasteiger partial charge in [-0.2, -0.15) is 0 Å². The van der Waals surface area contributed by atoms with Crippen molar-refractivity contribution < 1.29 is 13.2 Å². The maximum absolute atomic E-state index is 11.9. The summed E-state index contributed by atoms with van der Waals surface area (Å²) in [6.07, 6.45) is 0. The summed E-state index contributed by atoms with van der Waals surface area (Å²) in [7, 11) is -0.476. The van der Waals surface area contributed by atoms with Crippen LogP contribution >= 0.6 is 0 Å². The molecule has 0 saturated heterocycles. The van der Waals surface area contributed by atoms with Crippen molar-refractivity contribution in [3.63, 3.8) is 0 Å². The quantitative estimate of drug-likeness (QED) is 0.922. The number of carbonyl (C=O) groups excluding carboxylic acids is 1. The Labute approximate surface area is 114 Å². The zero-order valence-corrected chi connectivity index (χ0v) is 12.7. The van der Waals surface area contributed by atoms with Gasteiger partial charge < -0.3 is 5.32 Å². The lowest BCUT2D eigenvalue weighted by atomic mass is 9.95. The summed E-state index contributed by atoms with van der Waals surface area (Å²) >= 11 is 0. The monoisotopic (exact) mass is 284 g/mol. The maximum Gasteiger partial charge on any atom is 0.242 e. The fourth-order valence-electron chi connectivity index (χ4n) is 1.24. The number of anilines is 1. The van der Waals surface area contributed by atoms with Gasteiger partial charge in [-0.3, -0.25) is 4.79 Å². The fraction of sp³-hybridized carbons (Fsp3) is 0.462. The van der Waals surface area contributed by atoms with Crippen LogP contribution in [0.2, 0.25) is 0 Å². The van der Waals surface area contributed by atoms with E-state index in [1.807, 2.05) is 20.8 Å². The van der Waals surface area contributed by atoms with Gasteiger partial charge in [0.25, 0.3) is 0 Å². The van der Waals surface area contributed by atoms with E-state index >= 15 is 0 Å². The third kappa shape index (κ3) is 3.78. The van der Waals surface area contributed by atoms with Gasteiger partial charge in [-0.05, 0) is 24.3 Å². The van der Waals surface area contributed by atoms with E-state index in [1.165, 1.54) is 26.2 Å². The molecule has 1 rings (SSSR count). The first-order valence-electron chi connectivity index (χ1n) is 5.89. The lowest BCUT2D eigenvalue weighted by Gasteiger charge is -2.18. The number of amides is 1. The molecule has 6 heteroatoms. The third-order valence-corrected chi connectivity index (χ3v) is 4.40. The lowest BCUT2D eigenvalue weighted by Crippen LogP contribution is -2.27. The largest absolute Gasteiger partial charge is 0.326 e. The van der Waals surface area contributed by atoms with Crippen LogP contribution in [0.3, 0.4) is 0 Å². The van der Waals surface area contributed by atoms with Crippen molar-refractivity contribution in [1.82, 2.24) is 4.31 Å². The Morgan fingerprint density at radius 3 is 1.95 bits per heavy atom. The number of nitrogens with zero attached hydrogens (tertiary/aromatic N) is 1. The average Bonchev–Trinajstić information content (AvgIpc) is 2.28. The van der Waals surface area contributed by atoms with Gasteiger partial charge >= 0.3 is 0 Å². The summed E-state index contributed by atoms with van der Waals surface area (Å²) in [5.74, 6) is -0.115. The number of carbonyl (C=O) groups is 1. The van der Waals surface area contributed by atoms with E-state index in [0.717, 1.165) is 4.31 Å². The van der Waals surface area contributed by atoms with Crippen LogP contribution in [-0.4, -0.2) is 32.7 Å². The Kier molecular flexibility index (Phi) is 4.37. The molecule has 19 heavy (non-hydrogen) atoms. The molecule has 1 amide bonds. The van der Waals surface area contributed by atoms with Crippen LogP contribution in [0.4, 0.5) is 5.69 Å². The highest BCUT2D eigenvalue weighted by Crippen LogP contribution is 2.20. The van der Waals surface area contributed by atoms with Crippen molar-refractivity contribution in [2.24, 2.45) is 5.41 Å². The Bertz CT molecular complexity index is 555. The van der Waals surface area contributed by atoms with Crippen molar-refractivity contribution in [3.8, 4) is 0 Å². The number of benzene rings is 1. The standard InChI is InChI=1S/C13H20N2O3S/c1-13(2,3)12(16)14-10-6-8-11(9-7-10)19(17,18)15(4)5/h6-9H,1-5H3,(H,14,16). The van der Waals surface area contributed by atoms with Crippen molar-refractivity contribution >= 4 is 21.6 Å². The Morgan fingerprint density at radius 2 is 1.58 bits per heavy atom. The SMILES string of the molecule is CN(C)S(=O)(=O)c1ccc(NC(=O)C(C)(C)C)cc1. The topological polar surface area (TPSA) is 66.5 Å². The van der Waals surface area contributed by atoms with E-state index < -0.39 is 15.4 Å². The predicted octanol–water partition coefficient (Wildman–Crippen LogP) is 1.92. The van der Waals surface area contributed by atoms with Crippen LogP contribution < -0.4 is 5.32 Å². The summed E-state index contributed by atoms with van der Waals surface area (Å²) < 4.78 is 24.9. The van der Waals surface area contributed by atoms with E-state index in [2.05, 4.69) is 5.32 Å². The molecule has 0 atom stereocenters. The highest BCUT2D eigenvalue weighted by molar-refractivity contribution is 7.89. The third-order valence-electron chi connectivity index (χ3n) is 2.57. The molecule has 1 aromatic rings. The highest BCUT2D eigenvalue weighted by atomic mass is 32.2. The molecule has 0 unspecified atom stereocenters. The predicted molar refractivity (Wildman–Crippen MR) is 75.4 cm³/mol. The van der Waals surface area contributed by atoms with Gasteiger partial charge in [0.2, 0.25) is 15.9 Å². The molecule has 0 fully saturated rings. The zero-order chi connectivity index (χ0) is 14.8. The number of rotatable bonds is 3. The van der Waals surface area contributed by atoms with Gasteiger partial charge in [0.05, 0.1) is 4.90 Å². The van der Waals surface area contributed by atoms with Gasteiger partial charge in [-0.25, -0.2) is 12.7 Å². The van der Waals surface area contributed by atoms with Gasteiger partial charge in [-0.15, -0.1) is 0 Å². The maximum atomic E-state index is 11.9. The van der Waals surface area contributed by atoms with E-state index in [0.29, 0.717) is 5.69 Å². The van der Waals surface area contributed by atoms with Gasteiger partial charge in [0, 0.05) is 25.2 Å². The van der Waals surface area contributed by atoms with E-state index in [1.54, 1.807) is 12.1 Å². The van der Waals surface area contributed by atoms with Crippen LogP contribution in [0, 0.1) is 5.41 Å². The summed E-state index contributed by atoms with van der Waals surface area (Å²) in [5.41, 5.74) is 0.0895. The van der Waals surface area contributed by atoms with Gasteiger partial charge in [0.15, 0.2) is 0 Å². The number of hydrogen-bond acceptors (Lipinski definition) is 3. The molecular weight excluding hydrogens is 264 g/mol. The summed E-state index contributed by atoms with van der Waals surface area (Å²) in [5, 5.41) is 2.74. The first-order chi connectivity index (χ1) is 8.55. The minimum atomic E-state index is -3.43. The van der Waals surface area contributed by atoms with Crippen LogP contribution in [-0.2, 0) is 14.8 Å². The van der Waals surface area contributed by atoms with Crippen molar-refractivity contribution in [1.29, 1.82) is 0 Å². The first-order valence-corrected chi connectivity index (χ1v) is 7.33. The lowest BCUT2D eigenvalue weighted by molar-refractivity contribution is -0.123. The molecule has 0 aromatic heterocycles. The van der Waals surface area contributed by atoms with E-state index in [-0.39, 0.29) is 10.8 Å². The molecule has 5 nitrogen and oxygen atoms in total. The molecule has 0 bridgehead atoms. The van der Waals surface area contributed by atoms with E-state index in [9.17, 15) is 13.2 Å². The van der Waals surface area contributed by atoms with Gasteiger partial charge in [0.1, 0.15) is 0 Å². The van der Waals surface area contributed by atoms with Crippen LogP contribution in [0.5, 0.6) is 0 Å².